The fourth-order valence-corrected chi connectivity index (χ4v) is 2.10. The van der Waals surface area contributed by atoms with E-state index >= 15 is 0 Å². The molecular weight excluding hydrogens is 254 g/mol. The fraction of sp³-hybridized carbons (Fsp3) is 0.333. The third kappa shape index (κ3) is 2.52. The van der Waals surface area contributed by atoms with Gasteiger partial charge in [0, 0.05) is 18.7 Å². The molecule has 5 heteroatoms. The molecule has 1 aromatic carbocycles. The van der Waals surface area contributed by atoms with E-state index in [0.29, 0.717) is 11.7 Å². The summed E-state index contributed by atoms with van der Waals surface area (Å²) in [5.41, 5.74) is 2.38. The Morgan fingerprint density at radius 3 is 2.65 bits per heavy atom. The summed E-state index contributed by atoms with van der Waals surface area (Å²) >= 11 is 0. The largest absolute Gasteiger partial charge is 0.497 e. The normalized spacial score (nSPS) is 14.1. The highest BCUT2D eigenvalue weighted by Crippen LogP contribution is 2.23. The minimum atomic E-state index is -0.0946. The van der Waals surface area contributed by atoms with E-state index in [-0.39, 0.29) is 5.91 Å². The van der Waals surface area contributed by atoms with Gasteiger partial charge in [-0.1, -0.05) is 0 Å². The number of aryl methyl sites for hydroxylation is 1. The van der Waals surface area contributed by atoms with Crippen LogP contribution < -0.4 is 10.1 Å². The molecule has 0 aliphatic heterocycles. The smallest absolute Gasteiger partial charge is 0.272 e. The summed E-state index contributed by atoms with van der Waals surface area (Å²) in [6.45, 7) is 0. The van der Waals surface area contributed by atoms with Gasteiger partial charge in [0.25, 0.3) is 5.91 Å². The van der Waals surface area contributed by atoms with Gasteiger partial charge in [-0.25, -0.2) is 0 Å². The zero-order chi connectivity index (χ0) is 14.1. The van der Waals surface area contributed by atoms with Crippen molar-refractivity contribution in [3.63, 3.8) is 0 Å². The van der Waals surface area contributed by atoms with Crippen LogP contribution in [0.5, 0.6) is 5.75 Å². The Labute approximate surface area is 117 Å². The van der Waals surface area contributed by atoms with E-state index in [1.165, 1.54) is 0 Å². The van der Waals surface area contributed by atoms with Crippen LogP contribution >= 0.6 is 0 Å². The van der Waals surface area contributed by atoms with Gasteiger partial charge in [-0.05, 0) is 43.2 Å². The van der Waals surface area contributed by atoms with Crippen LogP contribution in [-0.2, 0) is 7.05 Å². The molecule has 0 bridgehead atoms. The van der Waals surface area contributed by atoms with E-state index in [1.807, 2.05) is 37.4 Å². The number of rotatable bonds is 4. The van der Waals surface area contributed by atoms with E-state index in [2.05, 4.69) is 10.4 Å². The van der Waals surface area contributed by atoms with Crippen LogP contribution in [0, 0.1) is 0 Å². The highest BCUT2D eigenvalue weighted by Gasteiger charge is 2.25. The van der Waals surface area contributed by atoms with Crippen LogP contribution in [0.2, 0.25) is 0 Å². The van der Waals surface area contributed by atoms with Crippen LogP contribution in [0.15, 0.2) is 30.3 Å². The topological polar surface area (TPSA) is 56.1 Å². The molecule has 1 saturated carbocycles. The standard InChI is InChI=1S/C15H17N3O2/c1-18-14(10-3-7-12(20-2)8-4-10)9-13(17-18)15(19)16-11-5-6-11/h3-4,7-9,11H,5-6H2,1-2H3,(H,16,19). The number of hydrogen-bond donors (Lipinski definition) is 1. The number of carbonyl (C=O) groups excluding carboxylic acids is 1. The van der Waals surface area contributed by atoms with E-state index in [1.54, 1.807) is 11.8 Å². The number of benzene rings is 1. The van der Waals surface area contributed by atoms with Crippen molar-refractivity contribution in [2.45, 2.75) is 18.9 Å². The molecule has 1 aliphatic carbocycles. The number of methoxy groups -OCH3 is 1. The number of aromatic nitrogens is 2. The lowest BCUT2D eigenvalue weighted by atomic mass is 10.1. The summed E-state index contributed by atoms with van der Waals surface area (Å²) < 4.78 is 6.87. The number of hydrogen-bond acceptors (Lipinski definition) is 3. The molecule has 0 spiro atoms. The third-order valence-corrected chi connectivity index (χ3v) is 3.41. The molecule has 1 fully saturated rings. The Balaban J connectivity index is 1.85. The molecule has 0 saturated heterocycles. The molecule has 1 aromatic heterocycles. The van der Waals surface area contributed by atoms with Crippen molar-refractivity contribution in [3.8, 4) is 17.0 Å². The van der Waals surface area contributed by atoms with E-state index < -0.39 is 0 Å². The summed E-state index contributed by atoms with van der Waals surface area (Å²) in [7, 11) is 3.48. The lowest BCUT2D eigenvalue weighted by Gasteiger charge is -2.03. The van der Waals surface area contributed by atoms with Crippen LogP contribution in [-0.4, -0.2) is 28.8 Å². The van der Waals surface area contributed by atoms with Gasteiger partial charge in [-0.15, -0.1) is 0 Å². The summed E-state index contributed by atoms with van der Waals surface area (Å²) in [5.74, 6) is 0.713. The van der Waals surface area contributed by atoms with Gasteiger partial charge in [-0.2, -0.15) is 5.10 Å². The molecular formula is C15H17N3O2. The molecule has 1 heterocycles. The van der Waals surface area contributed by atoms with Gasteiger partial charge in [-0.3, -0.25) is 9.48 Å². The van der Waals surface area contributed by atoms with Gasteiger partial charge < -0.3 is 10.1 Å². The molecule has 1 N–H and O–H groups in total. The van der Waals surface area contributed by atoms with Crippen LogP contribution in [0.3, 0.4) is 0 Å². The molecule has 2 aromatic rings. The minimum Gasteiger partial charge on any atom is -0.497 e. The first-order chi connectivity index (χ1) is 9.67. The maximum absolute atomic E-state index is 12.0. The van der Waals surface area contributed by atoms with Crippen LogP contribution in [0.25, 0.3) is 11.3 Å². The van der Waals surface area contributed by atoms with Crippen molar-refractivity contribution in [1.29, 1.82) is 0 Å². The lowest BCUT2D eigenvalue weighted by molar-refractivity contribution is 0.0945. The Bertz CT molecular complexity index is 627. The Kier molecular flexibility index (Phi) is 3.18. The molecule has 1 amide bonds. The summed E-state index contributed by atoms with van der Waals surface area (Å²) in [6.07, 6.45) is 2.15. The zero-order valence-electron chi connectivity index (χ0n) is 11.6. The quantitative estimate of drug-likeness (QED) is 0.925. The molecule has 0 atom stereocenters. The monoisotopic (exact) mass is 271 g/mol. The predicted octanol–water partition coefficient (Wildman–Crippen LogP) is 1.99. The fourth-order valence-electron chi connectivity index (χ4n) is 2.10. The van der Waals surface area contributed by atoms with Crippen LogP contribution in [0.1, 0.15) is 23.3 Å². The maximum Gasteiger partial charge on any atom is 0.272 e. The van der Waals surface area contributed by atoms with Crippen LogP contribution in [0.4, 0.5) is 0 Å². The van der Waals surface area contributed by atoms with Crippen molar-refractivity contribution in [3.05, 3.63) is 36.0 Å². The molecule has 5 nitrogen and oxygen atoms in total. The van der Waals surface area contributed by atoms with Gasteiger partial charge in [0.2, 0.25) is 0 Å². The number of nitrogens with zero attached hydrogens (tertiary/aromatic N) is 2. The number of amides is 1. The highest BCUT2D eigenvalue weighted by atomic mass is 16.5. The summed E-state index contributed by atoms with van der Waals surface area (Å²) in [4.78, 5) is 12.0. The van der Waals surface area contributed by atoms with Crippen molar-refractivity contribution in [2.75, 3.05) is 7.11 Å². The molecule has 20 heavy (non-hydrogen) atoms. The second-order valence-electron chi connectivity index (χ2n) is 5.01. The maximum atomic E-state index is 12.0. The zero-order valence-corrected chi connectivity index (χ0v) is 11.6. The van der Waals surface area contributed by atoms with Crippen molar-refractivity contribution >= 4 is 5.91 Å². The summed E-state index contributed by atoms with van der Waals surface area (Å²) in [6, 6.07) is 9.86. The van der Waals surface area contributed by atoms with E-state index in [0.717, 1.165) is 29.8 Å². The van der Waals surface area contributed by atoms with E-state index in [9.17, 15) is 4.79 Å². The molecule has 104 valence electrons. The molecule has 0 radical (unpaired) electrons. The van der Waals surface area contributed by atoms with Gasteiger partial charge >= 0.3 is 0 Å². The van der Waals surface area contributed by atoms with Gasteiger partial charge in [0.1, 0.15) is 5.75 Å². The number of nitrogens with one attached hydrogen (secondary N) is 1. The number of carbonyl (C=O) groups is 1. The minimum absolute atomic E-state index is 0.0946. The predicted molar refractivity (Wildman–Crippen MR) is 75.7 cm³/mol. The Morgan fingerprint density at radius 1 is 1.35 bits per heavy atom. The molecule has 3 rings (SSSR count). The first-order valence-corrected chi connectivity index (χ1v) is 6.66. The van der Waals surface area contributed by atoms with Crippen molar-refractivity contribution < 1.29 is 9.53 Å². The second-order valence-corrected chi connectivity index (χ2v) is 5.01. The average Bonchev–Trinajstić information content (AvgIpc) is 3.19. The van der Waals surface area contributed by atoms with E-state index in [4.69, 9.17) is 4.74 Å². The molecule has 0 unspecified atom stereocenters. The summed E-state index contributed by atoms with van der Waals surface area (Å²) in [5, 5.41) is 7.23. The van der Waals surface area contributed by atoms with Gasteiger partial charge in [0.15, 0.2) is 5.69 Å². The van der Waals surface area contributed by atoms with Crippen molar-refractivity contribution in [1.82, 2.24) is 15.1 Å². The first kappa shape index (κ1) is 12.7. The first-order valence-electron chi connectivity index (χ1n) is 6.66. The average molecular weight is 271 g/mol. The van der Waals surface area contributed by atoms with Gasteiger partial charge in [0.05, 0.1) is 12.8 Å². The Hall–Kier alpha value is -2.30. The second kappa shape index (κ2) is 5.00. The van der Waals surface area contributed by atoms with Crippen molar-refractivity contribution in [2.24, 2.45) is 7.05 Å². The number of ether oxygens (including phenoxy) is 1. The third-order valence-electron chi connectivity index (χ3n) is 3.41. The molecule has 1 aliphatic rings. The SMILES string of the molecule is COc1ccc(-c2cc(C(=O)NC3CC3)nn2C)cc1. The lowest BCUT2D eigenvalue weighted by Crippen LogP contribution is -2.25. The highest BCUT2D eigenvalue weighted by molar-refractivity contribution is 5.93. The Morgan fingerprint density at radius 2 is 2.05 bits per heavy atom.